The van der Waals surface area contributed by atoms with Crippen molar-refractivity contribution in [1.82, 2.24) is 15.1 Å². The Kier molecular flexibility index (Phi) is 12.3. The summed E-state index contributed by atoms with van der Waals surface area (Å²) in [6, 6.07) is 0.992. The molecule has 1 heterocycles. The molecule has 0 aromatic rings. The van der Waals surface area contributed by atoms with Crippen molar-refractivity contribution >= 4 is 26.9 Å². The molecule has 1 aliphatic heterocycles. The molecule has 0 aromatic heterocycles. The van der Waals surface area contributed by atoms with Crippen LogP contribution in [0.1, 0.15) is 6.42 Å². The highest BCUT2D eigenvalue weighted by molar-refractivity contribution is 6.83. The van der Waals surface area contributed by atoms with E-state index in [0.29, 0.717) is 0 Å². The zero-order valence-corrected chi connectivity index (χ0v) is 22.3. The van der Waals surface area contributed by atoms with Crippen molar-refractivity contribution in [3.05, 3.63) is 11.0 Å². The minimum absolute atomic E-state index is 0.612. The molecule has 0 aromatic carbocycles. The van der Waals surface area contributed by atoms with E-state index in [-0.39, 0.29) is 0 Å². The molecular weight excluding hydrogens is 410 g/mol. The molecule has 0 aliphatic carbocycles. The van der Waals surface area contributed by atoms with Crippen LogP contribution in [0.2, 0.25) is 12.6 Å². The maximum Gasteiger partial charge on any atom is 0.528 e. The van der Waals surface area contributed by atoms with Crippen LogP contribution in [0.15, 0.2) is 11.0 Å². The fourth-order valence-electron chi connectivity index (χ4n) is 3.28. The maximum atomic E-state index is 5.78. The van der Waals surface area contributed by atoms with Gasteiger partial charge in [-0.05, 0) is 49.8 Å². The molecule has 28 heavy (non-hydrogen) atoms. The molecule has 1 rings (SSSR count). The van der Waals surface area contributed by atoms with Gasteiger partial charge in [-0.3, -0.25) is 0 Å². The van der Waals surface area contributed by atoms with Crippen LogP contribution in [0.25, 0.3) is 0 Å². The predicted molar refractivity (Wildman–Crippen MR) is 120 cm³/mol. The Labute approximate surface area is 175 Å². The standard InChI is InChI=1S/C17H41N3O5Si3/c1-19-10-12-20(13-11-19)15-17(28(23-4,24-5)25-6)26-16-18-9-8-14-27(7,21-2)22-3/h15,18H,8-14,16,26H2,1-7H3. The van der Waals surface area contributed by atoms with Gasteiger partial charge in [-0.2, -0.15) is 0 Å². The Morgan fingerprint density at radius 3 is 2.04 bits per heavy atom. The van der Waals surface area contributed by atoms with Crippen LogP contribution in [-0.4, -0.2) is 118 Å². The van der Waals surface area contributed by atoms with Crippen molar-refractivity contribution < 1.29 is 22.1 Å². The van der Waals surface area contributed by atoms with Gasteiger partial charge in [-0.25, -0.2) is 0 Å². The molecule has 0 amide bonds. The molecule has 1 fully saturated rings. The molecule has 0 bridgehead atoms. The molecule has 8 nitrogen and oxygen atoms in total. The van der Waals surface area contributed by atoms with Crippen LogP contribution in [0.4, 0.5) is 0 Å². The van der Waals surface area contributed by atoms with Gasteiger partial charge in [-0.1, -0.05) is 0 Å². The summed E-state index contributed by atoms with van der Waals surface area (Å²) >= 11 is 0. The summed E-state index contributed by atoms with van der Waals surface area (Å²) in [6.07, 6.45) is 4.31. The van der Waals surface area contributed by atoms with E-state index >= 15 is 0 Å². The van der Waals surface area contributed by atoms with Crippen LogP contribution in [0, 0.1) is 0 Å². The van der Waals surface area contributed by atoms with Crippen molar-refractivity contribution in [3.8, 4) is 0 Å². The largest absolute Gasteiger partial charge is 0.528 e. The van der Waals surface area contributed by atoms with Crippen molar-refractivity contribution in [2.45, 2.75) is 19.0 Å². The van der Waals surface area contributed by atoms with Crippen LogP contribution in [-0.2, 0) is 22.1 Å². The molecule has 0 saturated carbocycles. The first-order chi connectivity index (χ1) is 13.4. The first kappa shape index (κ1) is 25.9. The summed E-state index contributed by atoms with van der Waals surface area (Å²) in [6.45, 7) is 7.28. The van der Waals surface area contributed by atoms with E-state index in [9.17, 15) is 0 Å². The summed E-state index contributed by atoms with van der Waals surface area (Å²) in [7, 11) is 5.40. The quantitative estimate of drug-likeness (QED) is 0.292. The van der Waals surface area contributed by atoms with Crippen molar-refractivity contribution in [1.29, 1.82) is 0 Å². The van der Waals surface area contributed by atoms with Gasteiger partial charge in [0.15, 0.2) is 0 Å². The first-order valence-electron chi connectivity index (χ1n) is 9.99. The molecule has 1 aliphatic rings. The summed E-state index contributed by atoms with van der Waals surface area (Å²) in [5, 5.41) is 3.59. The highest BCUT2D eigenvalue weighted by atomic mass is 28.4. The highest BCUT2D eigenvalue weighted by Gasteiger charge is 2.43. The molecule has 11 heteroatoms. The average Bonchev–Trinajstić information content (AvgIpc) is 2.73. The summed E-state index contributed by atoms with van der Waals surface area (Å²) in [5.74, 6) is 0. The minimum atomic E-state index is -2.76. The normalized spacial score (nSPS) is 17.8. The minimum Gasteiger partial charge on any atom is -0.398 e. The zero-order valence-electron chi connectivity index (χ0n) is 18.9. The van der Waals surface area contributed by atoms with Gasteiger partial charge < -0.3 is 37.2 Å². The number of hydrogen-bond acceptors (Lipinski definition) is 8. The Balaban J connectivity index is 2.61. The van der Waals surface area contributed by atoms with Crippen LogP contribution < -0.4 is 5.32 Å². The van der Waals surface area contributed by atoms with Crippen molar-refractivity contribution in [2.24, 2.45) is 0 Å². The molecule has 166 valence electrons. The monoisotopic (exact) mass is 451 g/mol. The van der Waals surface area contributed by atoms with Gasteiger partial charge in [0.2, 0.25) is 0 Å². The number of piperazine rings is 1. The van der Waals surface area contributed by atoms with E-state index in [1.165, 1.54) is 4.82 Å². The second-order valence-electron chi connectivity index (χ2n) is 7.31. The Hall–Kier alpha value is -0.0894. The molecule has 0 unspecified atom stereocenters. The average molecular weight is 452 g/mol. The fraction of sp³-hybridized carbons (Fsp3) is 0.882. The number of nitrogens with one attached hydrogen (secondary N) is 1. The Morgan fingerprint density at radius 1 is 0.964 bits per heavy atom. The third kappa shape index (κ3) is 7.97. The van der Waals surface area contributed by atoms with Gasteiger partial charge in [0, 0.05) is 61.7 Å². The molecule has 0 atom stereocenters. The molecular formula is C17H41N3O5Si3. The molecule has 0 radical (unpaired) electrons. The maximum absolute atomic E-state index is 5.78. The van der Waals surface area contributed by atoms with Crippen LogP contribution in [0.3, 0.4) is 0 Å². The number of likely N-dealkylation sites (N-methyl/N-ethyl adjacent to an activating group) is 1. The van der Waals surface area contributed by atoms with Crippen LogP contribution >= 0.6 is 0 Å². The SMILES string of the molecule is CO[Si](C)(CCCNC[SiH2]C(=CN1CCN(C)CC1)[Si](OC)(OC)OC)OC. The topological polar surface area (TPSA) is 64.7 Å². The fourth-order valence-corrected chi connectivity index (χ4v) is 10.3. The molecule has 1 saturated heterocycles. The van der Waals surface area contributed by atoms with E-state index in [4.69, 9.17) is 22.1 Å². The van der Waals surface area contributed by atoms with E-state index in [1.807, 2.05) is 0 Å². The smallest absolute Gasteiger partial charge is 0.398 e. The highest BCUT2D eigenvalue weighted by Crippen LogP contribution is 2.18. The summed E-state index contributed by atoms with van der Waals surface area (Å²) < 4.78 is 28.4. The van der Waals surface area contributed by atoms with Crippen LogP contribution in [0.5, 0.6) is 0 Å². The van der Waals surface area contributed by atoms with E-state index in [1.54, 1.807) is 35.5 Å². The molecule has 0 spiro atoms. The second kappa shape index (κ2) is 13.3. The lowest BCUT2D eigenvalue weighted by atomic mass is 10.3. The molecule has 1 N–H and O–H groups in total. The van der Waals surface area contributed by atoms with Gasteiger partial charge in [0.05, 0.1) is 9.52 Å². The van der Waals surface area contributed by atoms with Crippen molar-refractivity contribution in [3.63, 3.8) is 0 Å². The predicted octanol–water partition coefficient (Wildman–Crippen LogP) is -0.0367. The third-order valence-corrected chi connectivity index (χ3v) is 14.4. The second-order valence-corrected chi connectivity index (χ2v) is 16.3. The lowest BCUT2D eigenvalue weighted by Crippen LogP contribution is -2.50. The summed E-state index contributed by atoms with van der Waals surface area (Å²) in [5.41, 5.74) is 0. The summed E-state index contributed by atoms with van der Waals surface area (Å²) in [4.78, 5) is 5.99. The van der Waals surface area contributed by atoms with E-state index in [2.05, 4.69) is 34.9 Å². The van der Waals surface area contributed by atoms with E-state index < -0.39 is 26.9 Å². The first-order valence-corrected chi connectivity index (χ1v) is 15.9. The third-order valence-electron chi connectivity index (χ3n) is 5.49. The van der Waals surface area contributed by atoms with Gasteiger partial charge >= 0.3 is 17.4 Å². The lowest BCUT2D eigenvalue weighted by molar-refractivity contribution is 0.135. The van der Waals surface area contributed by atoms with Crippen molar-refractivity contribution in [2.75, 3.05) is 81.5 Å². The van der Waals surface area contributed by atoms with E-state index in [0.717, 1.165) is 51.4 Å². The Bertz CT molecular complexity index is 449. The van der Waals surface area contributed by atoms with Gasteiger partial charge in [0.25, 0.3) is 0 Å². The van der Waals surface area contributed by atoms with Gasteiger partial charge in [-0.15, -0.1) is 0 Å². The Morgan fingerprint density at radius 2 is 1.54 bits per heavy atom. The number of nitrogens with zero attached hydrogens (tertiary/aromatic N) is 2. The lowest BCUT2D eigenvalue weighted by Gasteiger charge is -2.34. The number of hydrogen-bond donors (Lipinski definition) is 1. The van der Waals surface area contributed by atoms with Gasteiger partial charge in [0.1, 0.15) is 0 Å². The number of rotatable bonds is 14. The zero-order chi connectivity index (χ0) is 21.0.